The predicted molar refractivity (Wildman–Crippen MR) is 82.3 cm³/mol. The number of aromatic amines is 1. The van der Waals surface area contributed by atoms with Gasteiger partial charge in [0.25, 0.3) is 5.91 Å². The van der Waals surface area contributed by atoms with E-state index in [0.29, 0.717) is 10.9 Å². The van der Waals surface area contributed by atoms with E-state index in [0.717, 1.165) is 12.0 Å². The second-order valence-electron chi connectivity index (χ2n) is 4.94. The minimum Gasteiger partial charge on any atom is -0.365 e. The maximum absolute atomic E-state index is 12.3. The van der Waals surface area contributed by atoms with Gasteiger partial charge < -0.3 is 10.7 Å². The summed E-state index contributed by atoms with van der Waals surface area (Å²) in [6.45, 7) is 0. The molecular weight excluding hydrogens is 264 g/mol. The molecule has 0 unspecified atom stereocenters. The number of nitrogens with two attached hydrogens (primary N) is 1. The number of nitrogens with one attached hydrogen (secondary N) is 1. The van der Waals surface area contributed by atoms with Crippen molar-refractivity contribution in [2.24, 2.45) is 5.73 Å². The second-order valence-corrected chi connectivity index (χ2v) is 4.94. The van der Waals surface area contributed by atoms with Gasteiger partial charge in [-0.2, -0.15) is 0 Å². The quantitative estimate of drug-likeness (QED) is 0.770. The van der Waals surface area contributed by atoms with Crippen LogP contribution in [0.2, 0.25) is 0 Å². The molecule has 0 radical (unpaired) electrons. The van der Waals surface area contributed by atoms with Crippen LogP contribution in [-0.4, -0.2) is 10.9 Å². The molecule has 104 valence electrons. The van der Waals surface area contributed by atoms with Crippen LogP contribution in [0.3, 0.4) is 0 Å². The number of aromatic nitrogens is 1. The van der Waals surface area contributed by atoms with Gasteiger partial charge in [0.15, 0.2) is 0 Å². The zero-order valence-electron chi connectivity index (χ0n) is 11.3. The molecule has 3 aromatic rings. The van der Waals surface area contributed by atoms with Gasteiger partial charge in [-0.1, -0.05) is 36.4 Å². The Labute approximate surface area is 121 Å². The average molecular weight is 278 g/mol. The molecule has 3 N–H and O–H groups in total. The number of hydrogen-bond acceptors (Lipinski definition) is 2. The third-order valence-electron chi connectivity index (χ3n) is 3.46. The van der Waals surface area contributed by atoms with Gasteiger partial charge >= 0.3 is 0 Å². The Morgan fingerprint density at radius 3 is 2.52 bits per heavy atom. The number of fused-ring (bicyclic) bond motifs is 1. The number of carbonyl (C=O) groups excluding carboxylic acids is 1. The predicted octanol–water partition coefficient (Wildman–Crippen LogP) is 2.22. The Hall–Kier alpha value is -2.88. The second kappa shape index (κ2) is 5.25. The highest BCUT2D eigenvalue weighted by atomic mass is 16.2. The zero-order valence-corrected chi connectivity index (χ0v) is 11.3. The van der Waals surface area contributed by atoms with Crippen LogP contribution in [0.25, 0.3) is 10.9 Å². The van der Waals surface area contributed by atoms with E-state index in [-0.39, 0.29) is 11.0 Å². The molecular formula is C17H14N2O2. The Bertz CT molecular complexity index is 867. The lowest BCUT2D eigenvalue weighted by Gasteiger charge is -2.05. The van der Waals surface area contributed by atoms with Crippen molar-refractivity contribution in [1.29, 1.82) is 0 Å². The van der Waals surface area contributed by atoms with Gasteiger partial charge in [0, 0.05) is 17.1 Å². The normalized spacial score (nSPS) is 10.7. The Kier molecular flexibility index (Phi) is 3.28. The van der Waals surface area contributed by atoms with Crippen molar-refractivity contribution in [2.75, 3.05) is 0 Å². The standard InChI is InChI=1S/C17H14N2O2/c18-17(21)14-10-19-15-7-6-12(9-13(15)16(14)20)8-11-4-2-1-3-5-11/h1-7,9-10H,8H2,(H2,18,21)(H,19,20). The van der Waals surface area contributed by atoms with Crippen molar-refractivity contribution in [3.8, 4) is 0 Å². The molecule has 1 aromatic heterocycles. The molecule has 0 aliphatic rings. The summed E-state index contributed by atoms with van der Waals surface area (Å²) < 4.78 is 0. The van der Waals surface area contributed by atoms with Crippen molar-refractivity contribution in [3.05, 3.63) is 81.6 Å². The molecule has 0 fully saturated rings. The first-order valence-electron chi connectivity index (χ1n) is 6.63. The van der Waals surface area contributed by atoms with Crippen LogP contribution in [0, 0.1) is 0 Å². The number of pyridine rings is 1. The summed E-state index contributed by atoms with van der Waals surface area (Å²) in [5.74, 6) is -0.716. The van der Waals surface area contributed by atoms with Crippen molar-refractivity contribution >= 4 is 16.8 Å². The molecule has 3 rings (SSSR count). The summed E-state index contributed by atoms with van der Waals surface area (Å²) in [7, 11) is 0. The van der Waals surface area contributed by atoms with Crippen LogP contribution < -0.4 is 11.2 Å². The van der Waals surface area contributed by atoms with Crippen LogP contribution in [0.5, 0.6) is 0 Å². The van der Waals surface area contributed by atoms with Gasteiger partial charge in [-0.05, 0) is 29.7 Å². The first-order valence-corrected chi connectivity index (χ1v) is 6.63. The smallest absolute Gasteiger partial charge is 0.254 e. The van der Waals surface area contributed by atoms with Crippen LogP contribution in [0.1, 0.15) is 21.5 Å². The number of hydrogen-bond donors (Lipinski definition) is 2. The lowest BCUT2D eigenvalue weighted by atomic mass is 10.0. The fourth-order valence-corrected chi connectivity index (χ4v) is 2.39. The largest absolute Gasteiger partial charge is 0.365 e. The molecule has 0 saturated heterocycles. The van der Waals surface area contributed by atoms with E-state index in [1.165, 1.54) is 11.8 Å². The molecule has 1 heterocycles. The summed E-state index contributed by atoms with van der Waals surface area (Å²) in [5.41, 5.74) is 7.74. The monoisotopic (exact) mass is 278 g/mol. The van der Waals surface area contributed by atoms with Crippen LogP contribution in [-0.2, 0) is 6.42 Å². The molecule has 1 amide bonds. The summed E-state index contributed by atoms with van der Waals surface area (Å²) in [5, 5.41) is 0.486. The molecule has 0 aliphatic carbocycles. The first kappa shape index (κ1) is 13.1. The summed E-state index contributed by atoms with van der Waals surface area (Å²) in [4.78, 5) is 26.4. The summed E-state index contributed by atoms with van der Waals surface area (Å²) in [6, 6.07) is 15.6. The molecule has 0 bridgehead atoms. The molecule has 2 aromatic carbocycles. The first-order chi connectivity index (χ1) is 10.1. The number of H-pyrrole nitrogens is 1. The van der Waals surface area contributed by atoms with E-state index in [4.69, 9.17) is 5.73 Å². The third-order valence-corrected chi connectivity index (χ3v) is 3.46. The lowest BCUT2D eigenvalue weighted by molar-refractivity contribution is 0.0999. The minimum atomic E-state index is -0.716. The lowest BCUT2D eigenvalue weighted by Crippen LogP contribution is -2.22. The van der Waals surface area contributed by atoms with Crippen molar-refractivity contribution < 1.29 is 4.79 Å². The fraction of sp³-hybridized carbons (Fsp3) is 0.0588. The molecule has 0 saturated carbocycles. The van der Waals surface area contributed by atoms with E-state index in [2.05, 4.69) is 4.98 Å². The summed E-state index contributed by atoms with van der Waals surface area (Å²) in [6.07, 6.45) is 2.10. The Morgan fingerprint density at radius 2 is 1.81 bits per heavy atom. The SMILES string of the molecule is NC(=O)c1c[nH]c2ccc(Cc3ccccc3)cc2c1=O. The highest BCUT2D eigenvalue weighted by molar-refractivity contribution is 5.96. The third kappa shape index (κ3) is 2.56. The van der Waals surface area contributed by atoms with Gasteiger partial charge in [-0.3, -0.25) is 9.59 Å². The molecule has 21 heavy (non-hydrogen) atoms. The van der Waals surface area contributed by atoms with Crippen molar-refractivity contribution in [1.82, 2.24) is 4.98 Å². The van der Waals surface area contributed by atoms with E-state index >= 15 is 0 Å². The average Bonchev–Trinajstić information content (AvgIpc) is 2.49. The summed E-state index contributed by atoms with van der Waals surface area (Å²) >= 11 is 0. The number of rotatable bonds is 3. The molecule has 0 aliphatic heterocycles. The maximum atomic E-state index is 12.3. The molecule has 4 heteroatoms. The van der Waals surface area contributed by atoms with E-state index in [1.807, 2.05) is 48.5 Å². The number of carbonyl (C=O) groups is 1. The fourth-order valence-electron chi connectivity index (χ4n) is 2.39. The van der Waals surface area contributed by atoms with E-state index < -0.39 is 5.91 Å². The molecule has 0 spiro atoms. The van der Waals surface area contributed by atoms with E-state index in [1.54, 1.807) is 0 Å². The van der Waals surface area contributed by atoms with Gasteiger partial charge in [0.2, 0.25) is 5.43 Å². The van der Waals surface area contributed by atoms with Gasteiger partial charge in [-0.15, -0.1) is 0 Å². The van der Waals surface area contributed by atoms with Gasteiger partial charge in [0.1, 0.15) is 5.56 Å². The Balaban J connectivity index is 2.08. The number of benzene rings is 2. The van der Waals surface area contributed by atoms with Crippen molar-refractivity contribution in [3.63, 3.8) is 0 Å². The van der Waals surface area contributed by atoms with Gasteiger partial charge in [-0.25, -0.2) is 0 Å². The van der Waals surface area contributed by atoms with Crippen LogP contribution >= 0.6 is 0 Å². The molecule has 4 nitrogen and oxygen atoms in total. The van der Waals surface area contributed by atoms with Crippen molar-refractivity contribution in [2.45, 2.75) is 6.42 Å². The van der Waals surface area contributed by atoms with Crippen LogP contribution in [0.15, 0.2) is 59.5 Å². The zero-order chi connectivity index (χ0) is 14.8. The molecule has 0 atom stereocenters. The van der Waals surface area contributed by atoms with Crippen LogP contribution in [0.4, 0.5) is 0 Å². The topological polar surface area (TPSA) is 76.0 Å². The highest BCUT2D eigenvalue weighted by Crippen LogP contribution is 2.15. The maximum Gasteiger partial charge on any atom is 0.254 e. The minimum absolute atomic E-state index is 0.0145. The van der Waals surface area contributed by atoms with Gasteiger partial charge in [0.05, 0.1) is 0 Å². The highest BCUT2D eigenvalue weighted by Gasteiger charge is 2.10. The Morgan fingerprint density at radius 1 is 1.05 bits per heavy atom. The number of amides is 1. The number of primary amides is 1. The van der Waals surface area contributed by atoms with E-state index in [9.17, 15) is 9.59 Å².